The summed E-state index contributed by atoms with van der Waals surface area (Å²) in [5.41, 5.74) is 0.560. The highest BCUT2D eigenvalue weighted by atomic mass is 19.2. The summed E-state index contributed by atoms with van der Waals surface area (Å²) in [5, 5.41) is 0. The van der Waals surface area contributed by atoms with E-state index in [-0.39, 0.29) is 11.7 Å². The molecule has 0 saturated heterocycles. The lowest BCUT2D eigenvalue weighted by Crippen LogP contribution is -2.25. The van der Waals surface area contributed by atoms with E-state index in [2.05, 4.69) is 13.5 Å². The number of unbranched alkanes of at least 4 members (excludes halogenated alkanes) is 4. The zero-order chi connectivity index (χ0) is 22.8. The van der Waals surface area contributed by atoms with Crippen LogP contribution in [0.5, 0.6) is 5.75 Å². The second kappa shape index (κ2) is 13.4. The summed E-state index contributed by atoms with van der Waals surface area (Å²) in [5.74, 6) is 1.24. The molecule has 0 radical (unpaired) electrons. The molecule has 2 saturated carbocycles. The molecule has 0 atom stereocenters. The molecule has 0 spiro atoms. The first-order chi connectivity index (χ1) is 15.6. The van der Waals surface area contributed by atoms with Crippen molar-refractivity contribution >= 4 is 0 Å². The van der Waals surface area contributed by atoms with Gasteiger partial charge in [-0.15, -0.1) is 6.58 Å². The monoisotopic (exact) mass is 446 g/mol. The Hall–Kier alpha value is -1.38. The highest BCUT2D eigenvalue weighted by molar-refractivity contribution is 5.33. The van der Waals surface area contributed by atoms with Gasteiger partial charge >= 0.3 is 0 Å². The van der Waals surface area contributed by atoms with E-state index in [4.69, 9.17) is 4.74 Å². The van der Waals surface area contributed by atoms with Crippen LogP contribution >= 0.6 is 0 Å². The Bertz CT molecular complexity index is 685. The standard InChI is InChI=1S/C29H44F2O/c1-3-5-7-8-9-21-32-27-20-19-26(28(30)29(27)31)25-17-15-24(16-18-25)23-13-11-22(12-14-23)10-6-4-2/h4,19-20,22-25H,2-3,5-18,21H2,1H3. The SMILES string of the molecule is C=CCCC1CCC(C2CCC(c3ccc(OCCCCCCC)c(F)c3F)CC2)CC1. The third kappa shape index (κ3) is 7.06. The minimum atomic E-state index is -0.795. The lowest BCUT2D eigenvalue weighted by molar-refractivity contribution is 0.156. The summed E-state index contributed by atoms with van der Waals surface area (Å²) in [6, 6.07) is 3.43. The van der Waals surface area contributed by atoms with Gasteiger partial charge in [-0.3, -0.25) is 0 Å². The molecule has 3 rings (SSSR count). The van der Waals surface area contributed by atoms with E-state index >= 15 is 0 Å². The summed E-state index contributed by atoms with van der Waals surface area (Å²) in [4.78, 5) is 0. The Morgan fingerprint density at radius 1 is 0.875 bits per heavy atom. The molecule has 1 aromatic rings. The van der Waals surface area contributed by atoms with Crippen LogP contribution in [0.25, 0.3) is 0 Å². The summed E-state index contributed by atoms with van der Waals surface area (Å²) in [6.45, 7) is 6.49. The van der Waals surface area contributed by atoms with Crippen LogP contribution in [0.2, 0.25) is 0 Å². The van der Waals surface area contributed by atoms with Crippen LogP contribution in [0.1, 0.15) is 115 Å². The number of hydrogen-bond donors (Lipinski definition) is 0. The van der Waals surface area contributed by atoms with E-state index in [1.165, 1.54) is 51.4 Å². The first kappa shape index (κ1) is 25.2. The molecule has 2 fully saturated rings. The van der Waals surface area contributed by atoms with Crippen molar-refractivity contribution in [1.82, 2.24) is 0 Å². The highest BCUT2D eigenvalue weighted by Gasteiger charge is 2.32. The van der Waals surface area contributed by atoms with Crippen molar-refractivity contribution in [2.75, 3.05) is 6.61 Å². The van der Waals surface area contributed by atoms with Crippen molar-refractivity contribution in [3.63, 3.8) is 0 Å². The average molecular weight is 447 g/mol. The summed E-state index contributed by atoms with van der Waals surface area (Å²) >= 11 is 0. The largest absolute Gasteiger partial charge is 0.490 e. The molecular weight excluding hydrogens is 402 g/mol. The van der Waals surface area contributed by atoms with Gasteiger partial charge in [0.15, 0.2) is 11.6 Å². The van der Waals surface area contributed by atoms with Gasteiger partial charge in [0, 0.05) is 0 Å². The van der Waals surface area contributed by atoms with Crippen LogP contribution < -0.4 is 4.74 Å². The molecule has 2 aliphatic rings. The highest BCUT2D eigenvalue weighted by Crippen LogP contribution is 2.45. The van der Waals surface area contributed by atoms with Crippen molar-refractivity contribution in [2.24, 2.45) is 17.8 Å². The number of benzene rings is 1. The molecule has 0 heterocycles. The van der Waals surface area contributed by atoms with Gasteiger partial charge in [0.2, 0.25) is 5.82 Å². The van der Waals surface area contributed by atoms with Crippen molar-refractivity contribution in [3.8, 4) is 5.75 Å². The predicted octanol–water partition coefficient (Wildman–Crippen LogP) is 9.36. The van der Waals surface area contributed by atoms with Gasteiger partial charge in [0.1, 0.15) is 0 Å². The maximum absolute atomic E-state index is 14.9. The third-order valence-electron chi connectivity index (χ3n) is 8.13. The fraction of sp³-hybridized carbons (Fsp3) is 0.724. The van der Waals surface area contributed by atoms with E-state index < -0.39 is 11.6 Å². The lowest BCUT2D eigenvalue weighted by Gasteiger charge is -2.38. The Morgan fingerprint density at radius 2 is 1.53 bits per heavy atom. The molecule has 32 heavy (non-hydrogen) atoms. The number of ether oxygens (including phenoxy) is 1. The van der Waals surface area contributed by atoms with Crippen molar-refractivity contribution in [1.29, 1.82) is 0 Å². The summed E-state index contributed by atoms with van der Waals surface area (Å²) in [7, 11) is 0. The number of hydrogen-bond acceptors (Lipinski definition) is 1. The van der Waals surface area contributed by atoms with Crippen LogP contribution in [0.15, 0.2) is 24.8 Å². The molecule has 3 heteroatoms. The van der Waals surface area contributed by atoms with Gasteiger partial charge in [-0.05, 0) is 93.1 Å². The normalized spacial score (nSPS) is 26.1. The van der Waals surface area contributed by atoms with Crippen molar-refractivity contribution in [3.05, 3.63) is 42.0 Å². The molecule has 0 aromatic heterocycles. The Morgan fingerprint density at radius 3 is 2.19 bits per heavy atom. The van der Waals surface area contributed by atoms with Gasteiger partial charge in [-0.2, -0.15) is 4.39 Å². The van der Waals surface area contributed by atoms with E-state index in [0.29, 0.717) is 12.2 Å². The molecule has 180 valence electrons. The molecular formula is C29H44F2O. The maximum Gasteiger partial charge on any atom is 0.200 e. The van der Waals surface area contributed by atoms with Crippen LogP contribution in [0.4, 0.5) is 8.78 Å². The van der Waals surface area contributed by atoms with Gasteiger partial charge in [0.05, 0.1) is 6.61 Å². The topological polar surface area (TPSA) is 9.23 Å². The molecule has 0 bridgehead atoms. The minimum Gasteiger partial charge on any atom is -0.490 e. The van der Waals surface area contributed by atoms with E-state index in [9.17, 15) is 8.78 Å². The molecule has 0 N–H and O–H groups in total. The Kier molecular flexibility index (Phi) is 10.5. The van der Waals surface area contributed by atoms with Crippen LogP contribution in [-0.2, 0) is 0 Å². The minimum absolute atomic E-state index is 0.0728. The second-order valence-electron chi connectivity index (χ2n) is 10.3. The van der Waals surface area contributed by atoms with Gasteiger partial charge in [0.25, 0.3) is 0 Å². The summed E-state index contributed by atoms with van der Waals surface area (Å²) in [6.07, 6.45) is 19.7. The molecule has 2 aliphatic carbocycles. The molecule has 1 nitrogen and oxygen atoms in total. The van der Waals surface area contributed by atoms with Crippen LogP contribution in [0.3, 0.4) is 0 Å². The molecule has 1 aromatic carbocycles. The predicted molar refractivity (Wildman–Crippen MR) is 130 cm³/mol. The first-order valence-corrected chi connectivity index (χ1v) is 13.4. The number of rotatable bonds is 12. The second-order valence-corrected chi connectivity index (χ2v) is 10.3. The summed E-state index contributed by atoms with van der Waals surface area (Å²) < 4.78 is 35.0. The number of halogens is 2. The van der Waals surface area contributed by atoms with Crippen LogP contribution in [-0.4, -0.2) is 6.61 Å². The molecule has 0 aliphatic heterocycles. The van der Waals surface area contributed by atoms with Gasteiger partial charge in [-0.25, -0.2) is 4.39 Å². The fourth-order valence-electron chi connectivity index (χ4n) is 6.06. The number of allylic oxidation sites excluding steroid dienone is 1. The first-order valence-electron chi connectivity index (χ1n) is 13.4. The van der Waals surface area contributed by atoms with E-state index in [0.717, 1.165) is 62.7 Å². The van der Waals surface area contributed by atoms with Gasteiger partial charge in [-0.1, -0.05) is 57.6 Å². The molecule has 0 amide bonds. The van der Waals surface area contributed by atoms with Crippen molar-refractivity contribution < 1.29 is 13.5 Å². The molecule has 0 unspecified atom stereocenters. The van der Waals surface area contributed by atoms with E-state index in [1.807, 2.05) is 6.08 Å². The zero-order valence-corrected chi connectivity index (χ0v) is 20.2. The fourth-order valence-corrected chi connectivity index (χ4v) is 6.06. The van der Waals surface area contributed by atoms with E-state index in [1.54, 1.807) is 12.1 Å². The lowest BCUT2D eigenvalue weighted by atomic mass is 9.68. The average Bonchev–Trinajstić information content (AvgIpc) is 2.83. The quantitative estimate of drug-likeness (QED) is 0.229. The Labute approximate surface area is 195 Å². The zero-order valence-electron chi connectivity index (χ0n) is 20.2. The smallest absolute Gasteiger partial charge is 0.200 e. The van der Waals surface area contributed by atoms with Crippen LogP contribution in [0, 0.1) is 29.4 Å². The van der Waals surface area contributed by atoms with Gasteiger partial charge < -0.3 is 4.74 Å². The Balaban J connectivity index is 1.45. The van der Waals surface area contributed by atoms with Crippen molar-refractivity contribution in [2.45, 2.75) is 109 Å². The maximum atomic E-state index is 14.9. The third-order valence-corrected chi connectivity index (χ3v) is 8.13.